The number of thiophene rings is 1. The van der Waals surface area contributed by atoms with Crippen molar-refractivity contribution in [1.82, 2.24) is 15.2 Å². The van der Waals surface area contributed by atoms with Crippen LogP contribution in [0.25, 0.3) is 0 Å². The Morgan fingerprint density at radius 2 is 2.18 bits per heavy atom. The van der Waals surface area contributed by atoms with Gasteiger partial charge in [0, 0.05) is 38.6 Å². The number of nitrogens with one attached hydrogen (secondary N) is 1. The molecule has 2 aromatic heterocycles. The van der Waals surface area contributed by atoms with Crippen LogP contribution in [0, 0.1) is 12.8 Å². The number of hydrogen-bond acceptors (Lipinski definition) is 5. The molecular formula is C22H26N4OS. The normalized spacial score (nSPS) is 18.8. The largest absolute Gasteiger partial charge is 0.356 e. The van der Waals surface area contributed by atoms with E-state index in [1.807, 2.05) is 19.1 Å². The SMILES string of the molecule is Cc1cc(N2CCN(CC3CC3)C2=C2CC2)sc1C(=O)NCc1cccnc1. The van der Waals surface area contributed by atoms with Gasteiger partial charge in [0.15, 0.2) is 0 Å². The lowest BCUT2D eigenvalue weighted by Gasteiger charge is -2.24. The van der Waals surface area contributed by atoms with E-state index in [9.17, 15) is 4.79 Å². The molecule has 2 aromatic rings. The number of pyridine rings is 1. The van der Waals surface area contributed by atoms with Crippen LogP contribution >= 0.6 is 11.3 Å². The molecule has 0 bridgehead atoms. The summed E-state index contributed by atoms with van der Waals surface area (Å²) >= 11 is 1.62. The number of anilines is 1. The first kappa shape index (κ1) is 17.7. The fourth-order valence-electron chi connectivity index (χ4n) is 3.90. The number of allylic oxidation sites excluding steroid dienone is 1. The van der Waals surface area contributed by atoms with E-state index < -0.39 is 0 Å². The zero-order chi connectivity index (χ0) is 19.1. The van der Waals surface area contributed by atoms with Crippen molar-refractivity contribution < 1.29 is 4.79 Å². The molecule has 0 unspecified atom stereocenters. The second-order valence-corrected chi connectivity index (χ2v) is 9.14. The minimum atomic E-state index is 0.00672. The smallest absolute Gasteiger partial charge is 0.261 e. The Hall–Kier alpha value is -2.34. The Morgan fingerprint density at radius 3 is 2.89 bits per heavy atom. The molecule has 5 rings (SSSR count). The molecule has 0 radical (unpaired) electrons. The molecule has 3 aliphatic rings. The fraction of sp³-hybridized carbons (Fsp3) is 0.455. The molecule has 3 heterocycles. The van der Waals surface area contributed by atoms with Gasteiger partial charge in [-0.05, 0) is 67.4 Å². The first-order valence-electron chi connectivity index (χ1n) is 10.2. The van der Waals surface area contributed by atoms with Gasteiger partial charge < -0.3 is 15.1 Å². The summed E-state index contributed by atoms with van der Waals surface area (Å²) in [6, 6.07) is 6.06. The van der Waals surface area contributed by atoms with Crippen LogP contribution in [0.15, 0.2) is 42.0 Å². The van der Waals surface area contributed by atoms with E-state index in [0.29, 0.717) is 6.54 Å². The van der Waals surface area contributed by atoms with E-state index in [-0.39, 0.29) is 5.91 Å². The molecule has 1 amide bonds. The Morgan fingerprint density at radius 1 is 1.32 bits per heavy atom. The zero-order valence-electron chi connectivity index (χ0n) is 16.3. The summed E-state index contributed by atoms with van der Waals surface area (Å²) in [5, 5.41) is 4.25. The van der Waals surface area contributed by atoms with E-state index in [1.54, 1.807) is 29.3 Å². The first-order chi connectivity index (χ1) is 13.7. The predicted octanol–water partition coefficient (Wildman–Crippen LogP) is 3.92. The summed E-state index contributed by atoms with van der Waals surface area (Å²) < 4.78 is 0. The summed E-state index contributed by atoms with van der Waals surface area (Å²) in [6.45, 7) is 5.89. The van der Waals surface area contributed by atoms with E-state index in [2.05, 4.69) is 26.2 Å². The molecule has 0 spiro atoms. The Balaban J connectivity index is 1.31. The van der Waals surface area contributed by atoms with Gasteiger partial charge in [-0.15, -0.1) is 11.3 Å². The number of rotatable bonds is 6. The minimum Gasteiger partial charge on any atom is -0.356 e. The Labute approximate surface area is 170 Å². The Kier molecular flexibility index (Phi) is 4.59. The standard InChI is InChI=1S/C22H26N4OS/c1-15-11-19(28-20(15)21(27)24-13-17-3-2-8-23-12-17)26-10-9-25(14-16-4-5-16)22(26)18-6-7-18/h2-3,8,11-12,16H,4-7,9-10,13-14H2,1H3,(H,24,27). The lowest BCUT2D eigenvalue weighted by molar-refractivity contribution is 0.0954. The Bertz CT molecular complexity index is 910. The summed E-state index contributed by atoms with van der Waals surface area (Å²) in [4.78, 5) is 22.7. The monoisotopic (exact) mass is 394 g/mol. The quantitative estimate of drug-likeness (QED) is 0.807. The molecule has 2 aliphatic carbocycles. The molecule has 0 atom stereocenters. The lowest BCUT2D eigenvalue weighted by Crippen LogP contribution is -2.24. The van der Waals surface area contributed by atoms with Crippen molar-refractivity contribution in [2.75, 3.05) is 24.5 Å². The fourth-order valence-corrected chi connectivity index (χ4v) is 5.01. The average Bonchev–Trinajstić information content (AvgIpc) is 3.63. The van der Waals surface area contributed by atoms with Crippen molar-refractivity contribution in [2.45, 2.75) is 39.2 Å². The molecule has 28 heavy (non-hydrogen) atoms. The van der Waals surface area contributed by atoms with Crippen LogP contribution in [-0.2, 0) is 6.54 Å². The lowest BCUT2D eigenvalue weighted by atomic mass is 10.2. The maximum Gasteiger partial charge on any atom is 0.261 e. The number of carbonyl (C=O) groups is 1. The number of hydrogen-bond donors (Lipinski definition) is 1. The van der Waals surface area contributed by atoms with Crippen LogP contribution < -0.4 is 10.2 Å². The third-order valence-electron chi connectivity index (χ3n) is 5.69. The van der Waals surface area contributed by atoms with Crippen molar-refractivity contribution in [2.24, 2.45) is 5.92 Å². The van der Waals surface area contributed by atoms with Gasteiger partial charge >= 0.3 is 0 Å². The third kappa shape index (κ3) is 3.65. The predicted molar refractivity (Wildman–Crippen MR) is 112 cm³/mol. The van der Waals surface area contributed by atoms with Crippen LogP contribution in [-0.4, -0.2) is 35.4 Å². The van der Waals surface area contributed by atoms with Gasteiger partial charge in [0.25, 0.3) is 5.91 Å². The summed E-state index contributed by atoms with van der Waals surface area (Å²) in [7, 11) is 0. The summed E-state index contributed by atoms with van der Waals surface area (Å²) in [5.41, 5.74) is 3.66. The van der Waals surface area contributed by atoms with E-state index in [1.165, 1.54) is 43.1 Å². The van der Waals surface area contributed by atoms with E-state index in [4.69, 9.17) is 0 Å². The van der Waals surface area contributed by atoms with Crippen molar-refractivity contribution in [3.8, 4) is 0 Å². The number of nitrogens with zero attached hydrogens (tertiary/aromatic N) is 3. The maximum absolute atomic E-state index is 12.8. The van der Waals surface area contributed by atoms with Gasteiger partial charge in [-0.25, -0.2) is 0 Å². The van der Waals surface area contributed by atoms with Crippen LogP contribution in [0.3, 0.4) is 0 Å². The molecule has 1 saturated heterocycles. The van der Waals surface area contributed by atoms with Crippen LogP contribution in [0.1, 0.15) is 46.5 Å². The van der Waals surface area contributed by atoms with Gasteiger partial charge in [-0.1, -0.05) is 6.07 Å². The van der Waals surface area contributed by atoms with Crippen LogP contribution in [0.2, 0.25) is 0 Å². The highest BCUT2D eigenvalue weighted by Crippen LogP contribution is 2.43. The zero-order valence-corrected chi connectivity index (χ0v) is 17.1. The molecule has 5 nitrogen and oxygen atoms in total. The topological polar surface area (TPSA) is 48.5 Å². The molecule has 6 heteroatoms. The van der Waals surface area contributed by atoms with E-state index in [0.717, 1.165) is 35.0 Å². The molecular weight excluding hydrogens is 368 g/mol. The molecule has 2 saturated carbocycles. The van der Waals surface area contributed by atoms with Crippen molar-refractivity contribution >= 4 is 22.2 Å². The molecule has 146 valence electrons. The summed E-state index contributed by atoms with van der Waals surface area (Å²) in [5.74, 6) is 2.34. The van der Waals surface area contributed by atoms with Crippen LogP contribution in [0.4, 0.5) is 5.00 Å². The molecule has 3 fully saturated rings. The maximum atomic E-state index is 12.8. The van der Waals surface area contributed by atoms with Crippen molar-refractivity contribution in [3.05, 3.63) is 58.0 Å². The second-order valence-electron chi connectivity index (χ2n) is 8.11. The highest BCUT2D eigenvalue weighted by Gasteiger charge is 2.36. The molecule has 1 N–H and O–H groups in total. The van der Waals surface area contributed by atoms with Gasteiger partial charge in [-0.3, -0.25) is 9.78 Å². The third-order valence-corrected chi connectivity index (χ3v) is 6.95. The van der Waals surface area contributed by atoms with E-state index >= 15 is 0 Å². The van der Waals surface area contributed by atoms with Gasteiger partial charge in [0.1, 0.15) is 5.82 Å². The highest BCUT2D eigenvalue weighted by molar-refractivity contribution is 7.18. The number of aromatic nitrogens is 1. The number of carbonyl (C=O) groups excluding carboxylic acids is 1. The molecule has 0 aromatic carbocycles. The van der Waals surface area contributed by atoms with Gasteiger partial charge in [-0.2, -0.15) is 0 Å². The van der Waals surface area contributed by atoms with Crippen molar-refractivity contribution in [1.29, 1.82) is 0 Å². The number of amides is 1. The summed E-state index contributed by atoms with van der Waals surface area (Å²) in [6.07, 6.45) is 8.78. The number of aryl methyl sites for hydroxylation is 1. The first-order valence-corrected chi connectivity index (χ1v) is 11.0. The second kappa shape index (κ2) is 7.24. The molecule has 1 aliphatic heterocycles. The minimum absolute atomic E-state index is 0.00672. The highest BCUT2D eigenvalue weighted by atomic mass is 32.1. The van der Waals surface area contributed by atoms with Crippen LogP contribution in [0.5, 0.6) is 0 Å². The average molecular weight is 395 g/mol. The van der Waals surface area contributed by atoms with Gasteiger partial charge in [0.2, 0.25) is 0 Å². The van der Waals surface area contributed by atoms with Crippen molar-refractivity contribution in [3.63, 3.8) is 0 Å². The van der Waals surface area contributed by atoms with Gasteiger partial charge in [0.05, 0.1) is 9.88 Å².